The zero-order valence-electron chi connectivity index (χ0n) is 14.9. The third-order valence-corrected chi connectivity index (χ3v) is 4.76. The van der Waals surface area contributed by atoms with Gasteiger partial charge in [-0.05, 0) is 50.2 Å². The van der Waals surface area contributed by atoms with Crippen molar-refractivity contribution in [1.29, 1.82) is 0 Å². The Labute approximate surface area is 156 Å². The molecule has 2 aromatic carbocycles. The molecule has 0 fully saturated rings. The van der Waals surface area contributed by atoms with E-state index in [1.54, 1.807) is 6.92 Å². The molecular formula is C20H20N2O3S. The van der Waals surface area contributed by atoms with E-state index in [4.69, 9.17) is 9.15 Å². The van der Waals surface area contributed by atoms with Gasteiger partial charge in [0.1, 0.15) is 5.25 Å². The van der Waals surface area contributed by atoms with E-state index in [9.17, 15) is 4.79 Å². The Morgan fingerprint density at radius 1 is 1.12 bits per heavy atom. The summed E-state index contributed by atoms with van der Waals surface area (Å²) in [6, 6.07) is 15.5. The number of carbonyl (C=O) groups is 1. The summed E-state index contributed by atoms with van der Waals surface area (Å²) in [5.41, 5.74) is 3.96. The van der Waals surface area contributed by atoms with Crippen LogP contribution in [-0.4, -0.2) is 22.8 Å². The molecule has 3 rings (SSSR count). The topological polar surface area (TPSA) is 65.2 Å². The third-order valence-electron chi connectivity index (χ3n) is 3.70. The first-order chi connectivity index (χ1) is 12.6. The quantitative estimate of drug-likeness (QED) is 0.462. The van der Waals surface area contributed by atoms with Crippen molar-refractivity contribution >= 4 is 17.7 Å². The van der Waals surface area contributed by atoms with Gasteiger partial charge in [-0.25, -0.2) is 0 Å². The molecule has 0 aliphatic rings. The van der Waals surface area contributed by atoms with Crippen molar-refractivity contribution in [1.82, 2.24) is 10.2 Å². The summed E-state index contributed by atoms with van der Waals surface area (Å²) < 4.78 is 11.0. The molecule has 0 bridgehead atoms. The smallest absolute Gasteiger partial charge is 0.324 e. The molecule has 26 heavy (non-hydrogen) atoms. The highest BCUT2D eigenvalue weighted by molar-refractivity contribution is 8.00. The summed E-state index contributed by atoms with van der Waals surface area (Å²) in [7, 11) is 0. The van der Waals surface area contributed by atoms with Gasteiger partial charge in [-0.15, -0.1) is 10.2 Å². The maximum Gasteiger partial charge on any atom is 0.324 e. The molecule has 1 atom stereocenters. The number of nitrogens with zero attached hydrogens (tertiary/aromatic N) is 2. The van der Waals surface area contributed by atoms with Gasteiger partial charge in [0.05, 0.1) is 6.61 Å². The summed E-state index contributed by atoms with van der Waals surface area (Å²) in [6.07, 6.45) is 0. The number of ether oxygens (including phenoxy) is 1. The molecule has 0 saturated carbocycles. The van der Waals surface area contributed by atoms with E-state index in [0.717, 1.165) is 22.3 Å². The number of carbonyl (C=O) groups excluding carboxylic acids is 1. The summed E-state index contributed by atoms with van der Waals surface area (Å²) in [4.78, 5) is 12.4. The van der Waals surface area contributed by atoms with Crippen LogP contribution in [0.2, 0.25) is 0 Å². The van der Waals surface area contributed by atoms with Crippen LogP contribution in [-0.2, 0) is 9.53 Å². The zero-order valence-corrected chi connectivity index (χ0v) is 15.7. The summed E-state index contributed by atoms with van der Waals surface area (Å²) in [5, 5.41) is 8.01. The summed E-state index contributed by atoms with van der Waals surface area (Å²) in [6.45, 7) is 6.15. The van der Waals surface area contributed by atoms with E-state index in [1.165, 1.54) is 11.8 Å². The van der Waals surface area contributed by atoms with Gasteiger partial charge in [-0.3, -0.25) is 4.79 Å². The molecule has 5 nitrogen and oxygen atoms in total. The van der Waals surface area contributed by atoms with E-state index in [-0.39, 0.29) is 5.97 Å². The molecule has 0 N–H and O–H groups in total. The van der Waals surface area contributed by atoms with Gasteiger partial charge in [0, 0.05) is 5.56 Å². The zero-order chi connectivity index (χ0) is 18.5. The largest absolute Gasteiger partial charge is 0.465 e. The molecule has 0 aliphatic heterocycles. The molecule has 0 spiro atoms. The number of aromatic nitrogens is 2. The monoisotopic (exact) mass is 368 g/mol. The molecule has 0 amide bonds. The number of rotatable bonds is 6. The molecule has 3 aromatic rings. The number of thioether (sulfide) groups is 1. The minimum atomic E-state index is -0.552. The van der Waals surface area contributed by atoms with E-state index in [0.29, 0.717) is 17.7 Å². The van der Waals surface area contributed by atoms with Crippen molar-refractivity contribution in [2.24, 2.45) is 0 Å². The summed E-state index contributed by atoms with van der Waals surface area (Å²) in [5.74, 6) is 0.116. The second-order valence-electron chi connectivity index (χ2n) is 5.91. The molecule has 0 aliphatic carbocycles. The van der Waals surface area contributed by atoms with Crippen molar-refractivity contribution in [2.75, 3.05) is 6.61 Å². The fourth-order valence-electron chi connectivity index (χ4n) is 2.67. The van der Waals surface area contributed by atoms with Crippen LogP contribution in [0, 0.1) is 13.8 Å². The van der Waals surface area contributed by atoms with Crippen LogP contribution < -0.4 is 0 Å². The van der Waals surface area contributed by atoms with Gasteiger partial charge in [0.25, 0.3) is 5.22 Å². The van der Waals surface area contributed by atoms with E-state index in [1.807, 2.05) is 56.3 Å². The molecule has 134 valence electrons. The van der Waals surface area contributed by atoms with Crippen molar-refractivity contribution in [3.05, 3.63) is 65.2 Å². The maximum absolute atomic E-state index is 12.4. The number of hydrogen-bond donors (Lipinski definition) is 0. The van der Waals surface area contributed by atoms with E-state index >= 15 is 0 Å². The molecule has 1 aromatic heterocycles. The third kappa shape index (κ3) is 4.32. The van der Waals surface area contributed by atoms with Gasteiger partial charge >= 0.3 is 5.97 Å². The molecule has 0 unspecified atom stereocenters. The standard InChI is InChI=1S/C20H20N2O3S/c1-4-24-19(23)17(15-8-6-5-7-9-15)26-20-22-21-18(25-20)16-11-13(2)10-14(3)12-16/h5-12,17H,4H2,1-3H3/t17-/m0/s1. The Morgan fingerprint density at radius 3 is 2.46 bits per heavy atom. The van der Waals surface area contributed by atoms with Gasteiger partial charge in [0.15, 0.2) is 0 Å². The lowest BCUT2D eigenvalue weighted by atomic mass is 10.1. The molecule has 0 radical (unpaired) electrons. The minimum absolute atomic E-state index is 0.320. The Hall–Kier alpha value is -2.60. The van der Waals surface area contributed by atoms with Crippen LogP contribution in [0.25, 0.3) is 11.5 Å². The minimum Gasteiger partial charge on any atom is -0.465 e. The average Bonchev–Trinajstić information content (AvgIpc) is 3.08. The Kier molecular flexibility index (Phi) is 5.73. The molecule has 1 heterocycles. The van der Waals surface area contributed by atoms with Crippen molar-refractivity contribution < 1.29 is 13.9 Å². The maximum atomic E-state index is 12.4. The van der Waals surface area contributed by atoms with Crippen LogP contribution in [0.1, 0.15) is 28.9 Å². The van der Waals surface area contributed by atoms with E-state index < -0.39 is 5.25 Å². The Morgan fingerprint density at radius 2 is 1.81 bits per heavy atom. The van der Waals surface area contributed by atoms with Crippen LogP contribution in [0.4, 0.5) is 0 Å². The average molecular weight is 368 g/mol. The van der Waals surface area contributed by atoms with Crippen LogP contribution in [0.3, 0.4) is 0 Å². The van der Waals surface area contributed by atoms with Gasteiger partial charge in [-0.2, -0.15) is 0 Å². The number of esters is 1. The lowest BCUT2D eigenvalue weighted by Crippen LogP contribution is -2.13. The first-order valence-corrected chi connectivity index (χ1v) is 9.25. The first kappa shape index (κ1) is 18.2. The van der Waals surface area contributed by atoms with Crippen LogP contribution >= 0.6 is 11.8 Å². The highest BCUT2D eigenvalue weighted by Gasteiger charge is 2.26. The fourth-order valence-corrected chi connectivity index (χ4v) is 3.55. The lowest BCUT2D eigenvalue weighted by Gasteiger charge is -2.13. The lowest BCUT2D eigenvalue weighted by molar-refractivity contribution is -0.142. The highest BCUT2D eigenvalue weighted by Crippen LogP contribution is 2.36. The van der Waals surface area contributed by atoms with Crippen molar-refractivity contribution in [3.63, 3.8) is 0 Å². The van der Waals surface area contributed by atoms with E-state index in [2.05, 4.69) is 16.3 Å². The molecular weight excluding hydrogens is 348 g/mol. The van der Waals surface area contributed by atoms with Gasteiger partial charge in [-0.1, -0.05) is 47.5 Å². The van der Waals surface area contributed by atoms with Gasteiger partial charge < -0.3 is 9.15 Å². The second kappa shape index (κ2) is 8.19. The second-order valence-corrected chi connectivity index (χ2v) is 6.97. The fraction of sp³-hybridized carbons (Fsp3) is 0.250. The first-order valence-electron chi connectivity index (χ1n) is 8.37. The van der Waals surface area contributed by atoms with Gasteiger partial charge in [0.2, 0.25) is 5.89 Å². The predicted molar refractivity (Wildman–Crippen MR) is 101 cm³/mol. The molecule has 0 saturated heterocycles. The predicted octanol–water partition coefficient (Wildman–Crippen LogP) is 4.75. The number of hydrogen-bond acceptors (Lipinski definition) is 6. The Balaban J connectivity index is 1.86. The normalized spacial score (nSPS) is 12.0. The van der Waals surface area contributed by atoms with Crippen LogP contribution in [0.5, 0.6) is 0 Å². The Bertz CT molecular complexity index is 873. The highest BCUT2D eigenvalue weighted by atomic mass is 32.2. The van der Waals surface area contributed by atoms with Crippen molar-refractivity contribution in [2.45, 2.75) is 31.2 Å². The number of aryl methyl sites for hydroxylation is 2. The SMILES string of the molecule is CCOC(=O)[C@@H](Sc1nnc(-c2cc(C)cc(C)c2)o1)c1ccccc1. The summed E-state index contributed by atoms with van der Waals surface area (Å²) >= 11 is 1.20. The number of benzene rings is 2. The van der Waals surface area contributed by atoms with Crippen LogP contribution in [0.15, 0.2) is 58.2 Å². The molecule has 6 heteroatoms. The van der Waals surface area contributed by atoms with Crippen molar-refractivity contribution in [3.8, 4) is 11.5 Å².